The van der Waals surface area contributed by atoms with Gasteiger partial charge in [0.15, 0.2) is 5.78 Å². The minimum atomic E-state index is -0.311. The maximum absolute atomic E-state index is 14.0. The number of anilines is 1. The number of fused-ring (bicyclic) bond motifs is 4. The predicted octanol–water partition coefficient (Wildman–Crippen LogP) is 5.33. The number of hydrogen-bond acceptors (Lipinski definition) is 4. The fraction of sp³-hybridized carbons (Fsp3) is 0.500. The Labute approximate surface area is 232 Å². The lowest BCUT2D eigenvalue weighted by atomic mass is 9.70. The second-order valence-corrected chi connectivity index (χ2v) is 12.6. The van der Waals surface area contributed by atoms with Crippen LogP contribution in [0.3, 0.4) is 0 Å². The Morgan fingerprint density at radius 1 is 0.949 bits per heavy atom. The summed E-state index contributed by atoms with van der Waals surface area (Å²) in [6.07, 6.45) is 11.8. The number of piperidine rings is 1. The van der Waals surface area contributed by atoms with Crippen molar-refractivity contribution in [3.8, 4) is 12.3 Å². The van der Waals surface area contributed by atoms with Gasteiger partial charge in [0.1, 0.15) is 0 Å². The van der Waals surface area contributed by atoms with E-state index in [2.05, 4.69) is 58.5 Å². The van der Waals surface area contributed by atoms with Gasteiger partial charge in [-0.25, -0.2) is 0 Å². The van der Waals surface area contributed by atoms with E-state index in [4.69, 9.17) is 6.42 Å². The molecule has 3 fully saturated rings. The highest BCUT2D eigenvalue weighted by atomic mass is 16.1. The molecule has 2 aliphatic carbocycles. The third kappa shape index (κ3) is 4.03. The summed E-state index contributed by atoms with van der Waals surface area (Å²) >= 11 is 0. The van der Waals surface area contributed by atoms with E-state index in [1.165, 1.54) is 63.1 Å². The van der Waals surface area contributed by atoms with E-state index in [0.29, 0.717) is 6.04 Å². The van der Waals surface area contributed by atoms with Crippen molar-refractivity contribution >= 4 is 22.4 Å². The second kappa shape index (κ2) is 9.25. The summed E-state index contributed by atoms with van der Waals surface area (Å²) in [5.41, 5.74) is 7.87. The maximum Gasteiger partial charge on any atom is 0.195 e. The van der Waals surface area contributed by atoms with Crippen LogP contribution in [0.15, 0.2) is 30.3 Å². The molecule has 7 rings (SSSR count). The highest BCUT2D eigenvalue weighted by Gasteiger charge is 2.41. The maximum atomic E-state index is 14.0. The molecular formula is C34H40N4O. The molecule has 2 aromatic carbocycles. The van der Waals surface area contributed by atoms with Crippen LogP contribution in [0.25, 0.3) is 10.9 Å². The van der Waals surface area contributed by atoms with E-state index in [-0.39, 0.29) is 11.2 Å². The minimum Gasteiger partial charge on any atom is -0.371 e. The van der Waals surface area contributed by atoms with Crippen molar-refractivity contribution in [2.75, 3.05) is 44.2 Å². The monoisotopic (exact) mass is 520 g/mol. The number of terminal acetylenes is 1. The number of ketones is 1. The van der Waals surface area contributed by atoms with Crippen LogP contribution in [0.4, 0.5) is 5.69 Å². The predicted molar refractivity (Wildman–Crippen MR) is 159 cm³/mol. The molecular weight excluding hydrogens is 480 g/mol. The third-order valence-corrected chi connectivity index (χ3v) is 10.1. The molecule has 39 heavy (non-hydrogen) atoms. The van der Waals surface area contributed by atoms with Gasteiger partial charge in [-0.1, -0.05) is 32.8 Å². The Hall–Kier alpha value is -3.07. The van der Waals surface area contributed by atoms with E-state index in [1.807, 2.05) is 18.2 Å². The highest BCUT2D eigenvalue weighted by molar-refractivity contribution is 6.20. The molecule has 0 amide bonds. The molecule has 3 aromatic rings. The molecule has 0 spiro atoms. The summed E-state index contributed by atoms with van der Waals surface area (Å²) < 4.78 is 0. The summed E-state index contributed by atoms with van der Waals surface area (Å²) in [6.45, 7) is 13.8. The summed E-state index contributed by atoms with van der Waals surface area (Å²) in [7, 11) is 0. The quantitative estimate of drug-likeness (QED) is 0.472. The van der Waals surface area contributed by atoms with Crippen LogP contribution in [0, 0.1) is 12.3 Å². The first kappa shape index (κ1) is 24.9. The normalized spacial score (nSPS) is 22.1. The largest absolute Gasteiger partial charge is 0.371 e. The van der Waals surface area contributed by atoms with Gasteiger partial charge in [-0.05, 0) is 67.5 Å². The van der Waals surface area contributed by atoms with Crippen molar-refractivity contribution in [3.63, 3.8) is 0 Å². The number of benzene rings is 2. The summed E-state index contributed by atoms with van der Waals surface area (Å²) in [5.74, 6) is 2.85. The van der Waals surface area contributed by atoms with Crippen molar-refractivity contribution in [2.24, 2.45) is 0 Å². The molecule has 4 aliphatic rings. The summed E-state index contributed by atoms with van der Waals surface area (Å²) in [4.78, 5) is 25.6. The third-order valence-electron chi connectivity index (χ3n) is 10.1. The first-order valence-electron chi connectivity index (χ1n) is 15.0. The van der Waals surface area contributed by atoms with E-state index in [0.717, 1.165) is 64.4 Å². The molecule has 2 saturated heterocycles. The van der Waals surface area contributed by atoms with Crippen LogP contribution in [0.5, 0.6) is 0 Å². The number of nitrogens with one attached hydrogen (secondary N) is 1. The molecule has 1 saturated carbocycles. The lowest BCUT2D eigenvalue weighted by Crippen LogP contribution is -2.53. The minimum absolute atomic E-state index is 0.129. The first-order chi connectivity index (χ1) is 18.9. The van der Waals surface area contributed by atoms with Crippen molar-refractivity contribution in [3.05, 3.63) is 63.8 Å². The molecule has 0 atom stereocenters. The zero-order chi connectivity index (χ0) is 26.9. The Balaban J connectivity index is 1.16. The van der Waals surface area contributed by atoms with Gasteiger partial charge in [-0.15, -0.1) is 6.42 Å². The molecule has 1 aromatic heterocycles. The lowest BCUT2D eigenvalue weighted by Gasteiger charge is -2.44. The first-order valence-corrected chi connectivity index (χ1v) is 15.0. The molecule has 3 heterocycles. The van der Waals surface area contributed by atoms with Gasteiger partial charge >= 0.3 is 0 Å². The van der Waals surface area contributed by atoms with Crippen molar-refractivity contribution in [1.29, 1.82) is 0 Å². The smallest absolute Gasteiger partial charge is 0.195 e. The van der Waals surface area contributed by atoms with Crippen LogP contribution in [-0.2, 0) is 11.8 Å². The van der Waals surface area contributed by atoms with Gasteiger partial charge in [-0.3, -0.25) is 14.6 Å². The average Bonchev–Trinajstić information content (AvgIpc) is 3.75. The van der Waals surface area contributed by atoms with Crippen molar-refractivity contribution in [2.45, 2.75) is 70.4 Å². The highest BCUT2D eigenvalue weighted by Crippen LogP contribution is 2.46. The van der Waals surface area contributed by atoms with Gasteiger partial charge < -0.3 is 9.88 Å². The summed E-state index contributed by atoms with van der Waals surface area (Å²) in [6, 6.07) is 12.1. The molecule has 0 bridgehead atoms. The zero-order valence-electron chi connectivity index (χ0n) is 23.6. The number of carbonyl (C=O) groups is 1. The van der Waals surface area contributed by atoms with Gasteiger partial charge in [0.05, 0.1) is 5.56 Å². The summed E-state index contributed by atoms with van der Waals surface area (Å²) in [5, 5.41) is 0.967. The number of aromatic nitrogens is 1. The number of nitrogens with zero attached hydrogens (tertiary/aromatic N) is 3. The standard InChI is InChI=1S/C34H40N4O/c1-5-22-7-10-26-29(19-22)35-33-31(26)32(39)27-20-23(6-2)30(21-28(27)34(33,3)4)38-13-11-25(12-14-38)37-17-15-36(16-18-37)24-8-9-24/h1,7,10,19-21,24-25,35H,6,8-9,11-18H2,2-4H3. The number of rotatable bonds is 4. The number of H-pyrrole nitrogens is 1. The number of aromatic amines is 1. The Kier molecular flexibility index (Phi) is 5.91. The second-order valence-electron chi connectivity index (χ2n) is 12.6. The number of piperazine rings is 1. The van der Waals surface area contributed by atoms with Gasteiger partial charge in [-0.2, -0.15) is 0 Å². The SMILES string of the molecule is C#Cc1ccc2c3c([nH]c2c1)C(C)(C)c1cc(N2CCC(N4CCN(C5CC5)CC4)CC2)c(CC)cc1C3=O. The van der Waals surface area contributed by atoms with Crippen LogP contribution < -0.4 is 4.90 Å². The van der Waals surface area contributed by atoms with Crippen molar-refractivity contribution in [1.82, 2.24) is 14.8 Å². The molecule has 1 N–H and O–H groups in total. The van der Waals surface area contributed by atoms with E-state index < -0.39 is 0 Å². The van der Waals surface area contributed by atoms with Gasteiger partial charge in [0, 0.05) is 90.2 Å². The van der Waals surface area contributed by atoms with E-state index in [1.54, 1.807) is 0 Å². The fourth-order valence-corrected chi connectivity index (χ4v) is 7.56. The molecule has 0 radical (unpaired) electrons. The Bertz CT molecular complexity index is 1490. The molecule has 5 heteroatoms. The molecule has 2 aliphatic heterocycles. The van der Waals surface area contributed by atoms with Crippen LogP contribution in [0.1, 0.15) is 84.8 Å². The van der Waals surface area contributed by atoms with E-state index in [9.17, 15) is 4.79 Å². The zero-order valence-corrected chi connectivity index (χ0v) is 23.6. The van der Waals surface area contributed by atoms with Gasteiger partial charge in [0.25, 0.3) is 0 Å². The van der Waals surface area contributed by atoms with Crippen LogP contribution in [-0.4, -0.2) is 71.9 Å². The van der Waals surface area contributed by atoms with Crippen LogP contribution in [0.2, 0.25) is 0 Å². The number of carbonyl (C=O) groups excluding carboxylic acids is 1. The molecule has 5 nitrogen and oxygen atoms in total. The average molecular weight is 521 g/mol. The Morgan fingerprint density at radius 3 is 2.23 bits per heavy atom. The van der Waals surface area contributed by atoms with Crippen molar-refractivity contribution < 1.29 is 4.79 Å². The number of aryl methyl sites for hydroxylation is 1. The fourth-order valence-electron chi connectivity index (χ4n) is 7.56. The number of hydrogen-bond donors (Lipinski definition) is 1. The van der Waals surface area contributed by atoms with Gasteiger partial charge in [0.2, 0.25) is 0 Å². The molecule has 0 unspecified atom stereocenters. The Morgan fingerprint density at radius 2 is 1.62 bits per heavy atom. The van der Waals surface area contributed by atoms with E-state index >= 15 is 0 Å². The van der Waals surface area contributed by atoms with Crippen LogP contribution >= 0.6 is 0 Å². The topological polar surface area (TPSA) is 42.6 Å². The molecule has 202 valence electrons. The lowest BCUT2D eigenvalue weighted by molar-refractivity contribution is 0.0809.